The van der Waals surface area contributed by atoms with Crippen molar-refractivity contribution in [1.82, 2.24) is 5.01 Å². The Labute approximate surface area is 96.0 Å². The Morgan fingerprint density at radius 2 is 2.19 bits per heavy atom. The Balaban J connectivity index is 2.13. The van der Waals surface area contributed by atoms with Crippen molar-refractivity contribution in [3.05, 3.63) is 35.9 Å². The molecule has 3 nitrogen and oxygen atoms in total. The van der Waals surface area contributed by atoms with Crippen LogP contribution in [0.25, 0.3) is 0 Å². The summed E-state index contributed by atoms with van der Waals surface area (Å²) in [6.07, 6.45) is 1.50. The van der Waals surface area contributed by atoms with E-state index >= 15 is 0 Å². The lowest BCUT2D eigenvalue weighted by Gasteiger charge is -2.22. The van der Waals surface area contributed by atoms with Gasteiger partial charge in [0.05, 0.1) is 18.5 Å². The van der Waals surface area contributed by atoms with Gasteiger partial charge in [0.1, 0.15) is 0 Å². The first kappa shape index (κ1) is 10.7. The normalized spacial score (nSPS) is 19.4. The van der Waals surface area contributed by atoms with Crippen LogP contribution >= 0.6 is 0 Å². The SMILES string of the molecule is CC1=NN(CCC#N)[C@H](c2ccccc2)C1. The first-order valence-electron chi connectivity index (χ1n) is 5.54. The highest BCUT2D eigenvalue weighted by Gasteiger charge is 2.25. The summed E-state index contributed by atoms with van der Waals surface area (Å²) in [7, 11) is 0. The van der Waals surface area contributed by atoms with Gasteiger partial charge >= 0.3 is 0 Å². The van der Waals surface area contributed by atoms with Crippen LogP contribution in [0, 0.1) is 11.3 Å². The van der Waals surface area contributed by atoms with Crippen molar-refractivity contribution in [2.75, 3.05) is 6.54 Å². The van der Waals surface area contributed by atoms with Crippen LogP contribution in [0.4, 0.5) is 0 Å². The maximum atomic E-state index is 8.62. The molecule has 0 amide bonds. The van der Waals surface area contributed by atoms with Gasteiger partial charge in [-0.05, 0) is 12.5 Å². The van der Waals surface area contributed by atoms with Gasteiger partial charge in [-0.1, -0.05) is 30.3 Å². The number of benzene rings is 1. The molecule has 0 saturated heterocycles. The zero-order chi connectivity index (χ0) is 11.4. The van der Waals surface area contributed by atoms with E-state index in [9.17, 15) is 0 Å². The lowest BCUT2D eigenvalue weighted by Crippen LogP contribution is -2.20. The Morgan fingerprint density at radius 1 is 1.44 bits per heavy atom. The van der Waals surface area contributed by atoms with Crippen LogP contribution in [0.15, 0.2) is 35.4 Å². The van der Waals surface area contributed by atoms with Gasteiger partial charge in [0.2, 0.25) is 0 Å². The topological polar surface area (TPSA) is 39.4 Å². The highest BCUT2D eigenvalue weighted by Crippen LogP contribution is 2.30. The number of rotatable bonds is 3. The van der Waals surface area contributed by atoms with E-state index in [0.29, 0.717) is 19.0 Å². The van der Waals surface area contributed by atoms with Crippen LogP contribution in [-0.2, 0) is 0 Å². The van der Waals surface area contributed by atoms with E-state index in [1.165, 1.54) is 5.56 Å². The quantitative estimate of drug-likeness (QED) is 0.774. The molecule has 82 valence electrons. The second-order valence-electron chi connectivity index (χ2n) is 4.04. The molecule has 1 aromatic rings. The number of nitriles is 1. The van der Waals surface area contributed by atoms with Crippen molar-refractivity contribution in [3.8, 4) is 6.07 Å². The van der Waals surface area contributed by atoms with Crippen LogP contribution in [0.3, 0.4) is 0 Å². The molecular weight excluding hydrogens is 198 g/mol. The summed E-state index contributed by atoms with van der Waals surface area (Å²) in [4.78, 5) is 0. The predicted molar refractivity (Wildman–Crippen MR) is 63.8 cm³/mol. The molecule has 1 heterocycles. The van der Waals surface area contributed by atoms with Gasteiger partial charge in [0, 0.05) is 18.7 Å². The molecule has 0 aliphatic carbocycles. The predicted octanol–water partition coefficient (Wildman–Crippen LogP) is 2.72. The molecule has 1 aliphatic rings. The first-order valence-corrected chi connectivity index (χ1v) is 5.54. The van der Waals surface area contributed by atoms with Crippen LogP contribution in [0.5, 0.6) is 0 Å². The van der Waals surface area contributed by atoms with E-state index in [1.54, 1.807) is 0 Å². The third-order valence-corrected chi connectivity index (χ3v) is 2.78. The highest BCUT2D eigenvalue weighted by molar-refractivity contribution is 5.83. The van der Waals surface area contributed by atoms with Gasteiger partial charge < -0.3 is 0 Å². The van der Waals surface area contributed by atoms with Gasteiger partial charge in [-0.3, -0.25) is 5.01 Å². The van der Waals surface area contributed by atoms with Crippen LogP contribution in [-0.4, -0.2) is 17.3 Å². The minimum absolute atomic E-state index is 0.314. The summed E-state index contributed by atoms with van der Waals surface area (Å²) < 4.78 is 0. The molecule has 0 bridgehead atoms. The molecular formula is C13H15N3. The molecule has 0 spiro atoms. The van der Waals surface area contributed by atoms with E-state index in [4.69, 9.17) is 5.26 Å². The van der Waals surface area contributed by atoms with Gasteiger partial charge in [0.25, 0.3) is 0 Å². The summed E-state index contributed by atoms with van der Waals surface area (Å²) >= 11 is 0. The Bertz CT molecular complexity index is 417. The van der Waals surface area contributed by atoms with E-state index < -0.39 is 0 Å². The minimum Gasteiger partial charge on any atom is -0.288 e. The molecule has 0 N–H and O–H groups in total. The third kappa shape index (κ3) is 2.22. The van der Waals surface area contributed by atoms with E-state index in [1.807, 2.05) is 30.1 Å². The van der Waals surface area contributed by atoms with Crippen molar-refractivity contribution in [2.24, 2.45) is 5.10 Å². The summed E-state index contributed by atoms with van der Waals surface area (Å²) in [5.41, 5.74) is 2.42. The average molecular weight is 213 g/mol. The standard InChI is InChI=1S/C13H15N3/c1-11-10-13(12-6-3-2-4-7-12)16(15-11)9-5-8-14/h2-4,6-7,13H,5,9-10H2,1H3/t13-/m0/s1. The lowest BCUT2D eigenvalue weighted by atomic mass is 10.0. The van der Waals surface area contributed by atoms with Gasteiger partial charge in [-0.15, -0.1) is 0 Å². The number of nitrogens with zero attached hydrogens (tertiary/aromatic N) is 3. The fourth-order valence-electron chi connectivity index (χ4n) is 2.05. The Kier molecular flexibility index (Phi) is 3.21. The van der Waals surface area contributed by atoms with Crippen LogP contribution in [0.1, 0.15) is 31.4 Å². The van der Waals surface area contributed by atoms with Gasteiger partial charge in [-0.25, -0.2) is 0 Å². The smallest absolute Gasteiger partial charge is 0.0773 e. The molecule has 0 fully saturated rings. The van der Waals surface area contributed by atoms with Crippen LogP contribution < -0.4 is 0 Å². The molecule has 3 heteroatoms. The molecule has 0 unspecified atom stereocenters. The summed E-state index contributed by atoms with van der Waals surface area (Å²) in [6, 6.07) is 12.8. The van der Waals surface area contributed by atoms with Crippen molar-refractivity contribution in [2.45, 2.75) is 25.8 Å². The zero-order valence-electron chi connectivity index (χ0n) is 9.43. The lowest BCUT2D eigenvalue weighted by molar-refractivity contribution is 0.239. The molecule has 1 aliphatic heterocycles. The van der Waals surface area contributed by atoms with Gasteiger partial charge in [-0.2, -0.15) is 10.4 Å². The molecule has 0 aromatic heterocycles. The Morgan fingerprint density at radius 3 is 2.88 bits per heavy atom. The van der Waals surface area contributed by atoms with Crippen molar-refractivity contribution in [1.29, 1.82) is 5.26 Å². The number of hydrazone groups is 1. The average Bonchev–Trinajstić information content (AvgIpc) is 2.69. The molecule has 0 radical (unpaired) electrons. The summed E-state index contributed by atoms with van der Waals surface area (Å²) in [6.45, 7) is 2.76. The fourth-order valence-corrected chi connectivity index (χ4v) is 2.05. The van der Waals surface area contributed by atoms with Crippen molar-refractivity contribution >= 4 is 5.71 Å². The second kappa shape index (κ2) is 4.80. The molecule has 1 atom stereocenters. The summed E-state index contributed by atoms with van der Waals surface area (Å²) in [5.74, 6) is 0. The molecule has 2 rings (SSSR count). The van der Waals surface area contributed by atoms with E-state index in [0.717, 1.165) is 12.1 Å². The first-order chi connectivity index (χ1) is 7.81. The maximum Gasteiger partial charge on any atom is 0.0773 e. The number of hydrogen-bond acceptors (Lipinski definition) is 3. The van der Waals surface area contributed by atoms with Crippen molar-refractivity contribution in [3.63, 3.8) is 0 Å². The largest absolute Gasteiger partial charge is 0.288 e. The summed E-state index contributed by atoms with van der Waals surface area (Å²) in [5, 5.41) is 15.1. The van der Waals surface area contributed by atoms with Gasteiger partial charge in [0.15, 0.2) is 0 Å². The monoisotopic (exact) mass is 213 g/mol. The second-order valence-corrected chi connectivity index (χ2v) is 4.04. The van der Waals surface area contributed by atoms with E-state index in [-0.39, 0.29) is 0 Å². The minimum atomic E-state index is 0.314. The maximum absolute atomic E-state index is 8.62. The zero-order valence-corrected chi connectivity index (χ0v) is 9.43. The van der Waals surface area contributed by atoms with Crippen LogP contribution in [0.2, 0.25) is 0 Å². The van der Waals surface area contributed by atoms with E-state index in [2.05, 4.69) is 23.3 Å². The fraction of sp³-hybridized carbons (Fsp3) is 0.385. The highest BCUT2D eigenvalue weighted by atomic mass is 15.5. The third-order valence-electron chi connectivity index (χ3n) is 2.78. The van der Waals surface area contributed by atoms with Crippen molar-refractivity contribution < 1.29 is 0 Å². The molecule has 16 heavy (non-hydrogen) atoms. The Hall–Kier alpha value is -1.82. The molecule has 0 saturated carbocycles. The molecule has 1 aromatic carbocycles. The number of hydrogen-bond donors (Lipinski definition) is 0.